The molecule has 0 bridgehead atoms. The lowest BCUT2D eigenvalue weighted by Crippen LogP contribution is -2.35. The summed E-state index contributed by atoms with van der Waals surface area (Å²) in [7, 11) is 0. The first-order valence-electron chi connectivity index (χ1n) is 6.62. The molecule has 0 aliphatic carbocycles. The third kappa shape index (κ3) is 4.25. The van der Waals surface area contributed by atoms with Crippen LogP contribution >= 0.6 is 28.3 Å². The SMILES string of the molecule is CC(CN)C(=O)NC(C)c1cc2c(cc1Br)OCCO2.Cl. The maximum absolute atomic E-state index is 11.9. The molecule has 2 unspecified atom stereocenters. The van der Waals surface area contributed by atoms with Crippen molar-refractivity contribution in [2.75, 3.05) is 19.8 Å². The summed E-state index contributed by atoms with van der Waals surface area (Å²) in [5.74, 6) is 1.18. The van der Waals surface area contributed by atoms with Gasteiger partial charge in [-0.15, -0.1) is 12.4 Å². The van der Waals surface area contributed by atoms with E-state index in [2.05, 4.69) is 21.2 Å². The van der Waals surface area contributed by atoms with E-state index in [0.717, 1.165) is 15.8 Å². The van der Waals surface area contributed by atoms with E-state index in [1.807, 2.05) is 19.1 Å². The van der Waals surface area contributed by atoms with Crippen LogP contribution in [0.4, 0.5) is 0 Å². The van der Waals surface area contributed by atoms with E-state index in [4.69, 9.17) is 15.2 Å². The van der Waals surface area contributed by atoms with Gasteiger partial charge in [-0.25, -0.2) is 0 Å². The number of carbonyl (C=O) groups excluding carboxylic acids is 1. The number of nitrogens with one attached hydrogen (secondary N) is 1. The predicted molar refractivity (Wildman–Crippen MR) is 87.2 cm³/mol. The van der Waals surface area contributed by atoms with Gasteiger partial charge in [0.15, 0.2) is 11.5 Å². The second-order valence-electron chi connectivity index (χ2n) is 4.88. The molecule has 0 saturated heterocycles. The molecule has 2 rings (SSSR count). The minimum atomic E-state index is -0.201. The average molecular weight is 380 g/mol. The number of hydrogen-bond acceptors (Lipinski definition) is 4. The molecule has 1 aliphatic rings. The third-order valence-electron chi connectivity index (χ3n) is 3.29. The molecular formula is C14H20BrClN2O3. The maximum Gasteiger partial charge on any atom is 0.224 e. The van der Waals surface area contributed by atoms with Gasteiger partial charge in [-0.3, -0.25) is 4.79 Å². The molecule has 3 N–H and O–H groups in total. The van der Waals surface area contributed by atoms with Gasteiger partial charge in [0.2, 0.25) is 5.91 Å². The number of rotatable bonds is 4. The normalized spacial score (nSPS) is 15.6. The summed E-state index contributed by atoms with van der Waals surface area (Å²) in [5, 5.41) is 2.95. The first kappa shape index (κ1) is 18.1. The van der Waals surface area contributed by atoms with Crippen LogP contribution in [0.25, 0.3) is 0 Å². The maximum atomic E-state index is 11.9. The minimum Gasteiger partial charge on any atom is -0.486 e. The molecule has 2 atom stereocenters. The summed E-state index contributed by atoms with van der Waals surface area (Å²) >= 11 is 3.51. The monoisotopic (exact) mass is 378 g/mol. The number of ether oxygens (including phenoxy) is 2. The number of benzene rings is 1. The second-order valence-corrected chi connectivity index (χ2v) is 5.74. The number of carbonyl (C=O) groups is 1. The minimum absolute atomic E-state index is 0. The van der Waals surface area contributed by atoms with Gasteiger partial charge in [-0.05, 0) is 24.6 Å². The van der Waals surface area contributed by atoms with Crippen molar-refractivity contribution in [2.24, 2.45) is 11.7 Å². The number of halogens is 2. The first-order valence-corrected chi connectivity index (χ1v) is 7.41. The van der Waals surface area contributed by atoms with Crippen LogP contribution in [0.1, 0.15) is 25.5 Å². The van der Waals surface area contributed by atoms with E-state index >= 15 is 0 Å². The van der Waals surface area contributed by atoms with Crippen molar-refractivity contribution in [3.8, 4) is 11.5 Å². The molecule has 0 saturated carbocycles. The van der Waals surface area contributed by atoms with Crippen molar-refractivity contribution >= 4 is 34.2 Å². The van der Waals surface area contributed by atoms with E-state index in [1.165, 1.54) is 0 Å². The Morgan fingerprint density at radius 3 is 2.48 bits per heavy atom. The Bertz CT molecular complexity index is 513. The number of amides is 1. The van der Waals surface area contributed by atoms with Crippen molar-refractivity contribution in [3.63, 3.8) is 0 Å². The standard InChI is InChI=1S/C14H19BrN2O3.ClH/c1-8(7-16)14(18)17-9(2)10-5-12-13(6-11(10)15)20-4-3-19-12;/h5-6,8-9H,3-4,7,16H2,1-2H3,(H,17,18);1H. The molecule has 0 fully saturated rings. The summed E-state index contributed by atoms with van der Waals surface area (Å²) in [5.41, 5.74) is 6.45. The fraction of sp³-hybridized carbons (Fsp3) is 0.500. The van der Waals surface area contributed by atoms with Crippen LogP contribution in [0.15, 0.2) is 16.6 Å². The highest BCUT2D eigenvalue weighted by Crippen LogP contribution is 2.37. The van der Waals surface area contributed by atoms with Crippen LogP contribution in [0, 0.1) is 5.92 Å². The lowest BCUT2D eigenvalue weighted by atomic mass is 10.1. The van der Waals surface area contributed by atoms with Gasteiger partial charge in [0, 0.05) is 16.9 Å². The molecule has 0 radical (unpaired) electrons. The molecule has 7 heteroatoms. The Morgan fingerprint density at radius 2 is 1.90 bits per heavy atom. The fourth-order valence-corrected chi connectivity index (χ4v) is 2.62. The van der Waals surface area contributed by atoms with Crippen LogP contribution in [-0.4, -0.2) is 25.7 Å². The highest BCUT2D eigenvalue weighted by atomic mass is 79.9. The van der Waals surface area contributed by atoms with Crippen molar-refractivity contribution in [1.82, 2.24) is 5.32 Å². The number of fused-ring (bicyclic) bond motifs is 1. The summed E-state index contributed by atoms with van der Waals surface area (Å²) in [4.78, 5) is 11.9. The molecule has 0 spiro atoms. The molecule has 1 amide bonds. The highest BCUT2D eigenvalue weighted by Gasteiger charge is 2.20. The van der Waals surface area contributed by atoms with E-state index < -0.39 is 0 Å². The van der Waals surface area contributed by atoms with Crippen molar-refractivity contribution in [2.45, 2.75) is 19.9 Å². The molecule has 0 aromatic heterocycles. The quantitative estimate of drug-likeness (QED) is 0.842. The Labute approximate surface area is 139 Å². The van der Waals surface area contributed by atoms with Crippen molar-refractivity contribution in [3.05, 3.63) is 22.2 Å². The molecule has 118 valence electrons. The molecule has 1 aromatic carbocycles. The molecule has 21 heavy (non-hydrogen) atoms. The molecule has 5 nitrogen and oxygen atoms in total. The van der Waals surface area contributed by atoms with Gasteiger partial charge in [0.25, 0.3) is 0 Å². The summed E-state index contributed by atoms with van der Waals surface area (Å²) < 4.78 is 12.0. The second kappa shape index (κ2) is 7.87. The van der Waals surface area contributed by atoms with Gasteiger partial charge in [-0.1, -0.05) is 22.9 Å². The first-order chi connectivity index (χ1) is 9.52. The Balaban J connectivity index is 0.00000220. The summed E-state index contributed by atoms with van der Waals surface area (Å²) in [6, 6.07) is 3.64. The molecule has 1 heterocycles. The van der Waals surface area contributed by atoms with Crippen LogP contribution in [0.5, 0.6) is 11.5 Å². The van der Waals surface area contributed by atoms with Gasteiger partial charge in [-0.2, -0.15) is 0 Å². The fourth-order valence-electron chi connectivity index (χ4n) is 1.95. The van der Waals surface area contributed by atoms with E-state index in [9.17, 15) is 4.79 Å². The van der Waals surface area contributed by atoms with E-state index in [1.54, 1.807) is 6.92 Å². The zero-order valence-electron chi connectivity index (χ0n) is 12.0. The van der Waals surface area contributed by atoms with E-state index in [0.29, 0.717) is 25.5 Å². The van der Waals surface area contributed by atoms with Crippen LogP contribution in [-0.2, 0) is 4.79 Å². The molecule has 1 aromatic rings. The Hall–Kier alpha value is -0.980. The molecule has 1 aliphatic heterocycles. The largest absolute Gasteiger partial charge is 0.486 e. The summed E-state index contributed by atoms with van der Waals surface area (Å²) in [6.45, 7) is 5.16. The van der Waals surface area contributed by atoms with Crippen molar-refractivity contribution < 1.29 is 14.3 Å². The Morgan fingerprint density at radius 1 is 1.33 bits per heavy atom. The Kier molecular flexibility index (Phi) is 6.77. The average Bonchev–Trinajstić information content (AvgIpc) is 2.45. The van der Waals surface area contributed by atoms with Crippen LogP contribution in [0.3, 0.4) is 0 Å². The van der Waals surface area contributed by atoms with Gasteiger partial charge >= 0.3 is 0 Å². The zero-order valence-corrected chi connectivity index (χ0v) is 14.4. The molecular weight excluding hydrogens is 360 g/mol. The summed E-state index contributed by atoms with van der Waals surface area (Å²) in [6.07, 6.45) is 0. The van der Waals surface area contributed by atoms with Crippen molar-refractivity contribution in [1.29, 1.82) is 0 Å². The van der Waals surface area contributed by atoms with Crippen LogP contribution in [0.2, 0.25) is 0 Å². The number of nitrogens with two attached hydrogens (primary N) is 1. The van der Waals surface area contributed by atoms with Crippen LogP contribution < -0.4 is 20.5 Å². The lowest BCUT2D eigenvalue weighted by molar-refractivity contribution is -0.124. The predicted octanol–water partition coefficient (Wildman–Crippen LogP) is 2.41. The number of hydrogen-bond donors (Lipinski definition) is 2. The topological polar surface area (TPSA) is 73.6 Å². The zero-order chi connectivity index (χ0) is 14.7. The van der Waals surface area contributed by atoms with Gasteiger partial charge < -0.3 is 20.5 Å². The van der Waals surface area contributed by atoms with E-state index in [-0.39, 0.29) is 30.3 Å². The van der Waals surface area contributed by atoms with Gasteiger partial charge in [0.05, 0.1) is 6.04 Å². The smallest absolute Gasteiger partial charge is 0.224 e. The lowest BCUT2D eigenvalue weighted by Gasteiger charge is -2.23. The third-order valence-corrected chi connectivity index (χ3v) is 3.97. The highest BCUT2D eigenvalue weighted by molar-refractivity contribution is 9.10. The van der Waals surface area contributed by atoms with Gasteiger partial charge in [0.1, 0.15) is 13.2 Å².